The van der Waals surface area contributed by atoms with Crippen LogP contribution in [0, 0.1) is 11.6 Å². The van der Waals surface area contributed by atoms with E-state index >= 15 is 0 Å². The van der Waals surface area contributed by atoms with Crippen LogP contribution >= 0.6 is 0 Å². The summed E-state index contributed by atoms with van der Waals surface area (Å²) in [7, 11) is -3.88. The van der Waals surface area contributed by atoms with E-state index in [4.69, 9.17) is 9.47 Å². The third-order valence-corrected chi connectivity index (χ3v) is 4.96. The number of rotatable bonds is 6. The van der Waals surface area contributed by atoms with Crippen molar-refractivity contribution in [2.24, 2.45) is 0 Å². The molecule has 10 heteroatoms. The van der Waals surface area contributed by atoms with Crippen molar-refractivity contribution in [3.8, 4) is 11.5 Å². The quantitative estimate of drug-likeness (QED) is 0.808. The molecule has 0 aromatic heterocycles. The number of fused-ring (bicyclic) bond motifs is 1. The predicted molar refractivity (Wildman–Crippen MR) is 94.4 cm³/mol. The fourth-order valence-corrected chi connectivity index (χ4v) is 3.48. The van der Waals surface area contributed by atoms with Crippen molar-refractivity contribution in [1.82, 2.24) is 0 Å². The van der Waals surface area contributed by atoms with Gasteiger partial charge >= 0.3 is 0 Å². The second-order valence-corrected chi connectivity index (χ2v) is 7.70. The molecule has 3 rings (SSSR count). The lowest BCUT2D eigenvalue weighted by molar-refractivity contribution is -0.116. The second-order valence-electron chi connectivity index (χ2n) is 5.80. The van der Waals surface area contributed by atoms with Crippen molar-refractivity contribution in [2.45, 2.75) is 6.42 Å². The van der Waals surface area contributed by atoms with E-state index in [9.17, 15) is 22.0 Å². The van der Waals surface area contributed by atoms with Crippen LogP contribution in [0.1, 0.15) is 6.42 Å². The van der Waals surface area contributed by atoms with Crippen molar-refractivity contribution >= 4 is 27.3 Å². The van der Waals surface area contributed by atoms with Gasteiger partial charge in [0.05, 0.1) is 11.9 Å². The molecule has 0 spiro atoms. The average molecular weight is 398 g/mol. The van der Waals surface area contributed by atoms with Crippen LogP contribution in [0.5, 0.6) is 11.5 Å². The molecule has 2 aromatic rings. The number of anilines is 2. The first-order chi connectivity index (χ1) is 12.7. The number of carbonyl (C=O) groups is 1. The maximum atomic E-state index is 14.0. The third-order valence-electron chi connectivity index (χ3n) is 3.78. The first-order valence-electron chi connectivity index (χ1n) is 7.86. The fraction of sp³-hybridized carbons (Fsp3) is 0.235. The molecular formula is C17H16F2N2O5S. The highest BCUT2D eigenvalue weighted by Crippen LogP contribution is 2.34. The SMILES string of the molecule is CS(=O)(=O)N(CCC(=O)Nc1ccc2c(c1)OCO2)c1ccc(F)cc1F. The minimum absolute atomic E-state index is 0.0965. The Hall–Kier alpha value is -2.88. The van der Waals surface area contributed by atoms with Crippen LogP contribution in [0.15, 0.2) is 36.4 Å². The molecule has 0 bridgehead atoms. The van der Waals surface area contributed by atoms with E-state index in [2.05, 4.69) is 5.32 Å². The van der Waals surface area contributed by atoms with E-state index in [-0.39, 0.29) is 25.4 Å². The number of ether oxygens (including phenoxy) is 2. The van der Waals surface area contributed by atoms with Gasteiger partial charge < -0.3 is 14.8 Å². The normalized spacial score (nSPS) is 12.7. The standard InChI is InChI=1S/C17H16F2N2O5S/c1-27(23,24)21(14-4-2-11(18)8-13(14)19)7-6-17(22)20-12-3-5-15-16(9-12)26-10-25-15/h2-5,8-9H,6-7,10H2,1H3,(H,20,22). The fourth-order valence-electron chi connectivity index (χ4n) is 2.55. The molecule has 0 fully saturated rings. The monoisotopic (exact) mass is 398 g/mol. The Labute approximate surface area is 154 Å². The zero-order chi connectivity index (χ0) is 19.6. The summed E-state index contributed by atoms with van der Waals surface area (Å²) in [5, 5.41) is 2.60. The number of nitrogens with zero attached hydrogens (tertiary/aromatic N) is 1. The minimum Gasteiger partial charge on any atom is -0.454 e. The predicted octanol–water partition coefficient (Wildman–Crippen LogP) is 2.49. The van der Waals surface area contributed by atoms with E-state index in [1.54, 1.807) is 18.2 Å². The van der Waals surface area contributed by atoms with Gasteiger partial charge in [0, 0.05) is 30.8 Å². The summed E-state index contributed by atoms with van der Waals surface area (Å²) in [6, 6.07) is 7.37. The average Bonchev–Trinajstić information content (AvgIpc) is 3.03. The Morgan fingerprint density at radius 2 is 1.89 bits per heavy atom. The molecule has 1 N–H and O–H groups in total. The van der Waals surface area contributed by atoms with E-state index < -0.39 is 27.6 Å². The molecule has 0 saturated heterocycles. The van der Waals surface area contributed by atoms with Gasteiger partial charge in [-0.05, 0) is 24.3 Å². The van der Waals surface area contributed by atoms with Crippen molar-refractivity contribution in [3.05, 3.63) is 48.0 Å². The van der Waals surface area contributed by atoms with E-state index in [1.165, 1.54) is 0 Å². The maximum absolute atomic E-state index is 14.0. The van der Waals surface area contributed by atoms with Gasteiger partial charge in [-0.3, -0.25) is 9.10 Å². The summed E-state index contributed by atoms with van der Waals surface area (Å²) < 4.78 is 62.1. The third kappa shape index (κ3) is 4.45. The molecule has 27 heavy (non-hydrogen) atoms. The van der Waals surface area contributed by atoms with Gasteiger partial charge in [-0.25, -0.2) is 17.2 Å². The number of benzene rings is 2. The van der Waals surface area contributed by atoms with E-state index in [0.717, 1.165) is 22.7 Å². The minimum atomic E-state index is -3.88. The molecule has 1 aliphatic rings. The van der Waals surface area contributed by atoms with E-state index in [0.29, 0.717) is 23.3 Å². The number of carbonyl (C=O) groups excluding carboxylic acids is 1. The summed E-state index contributed by atoms with van der Waals surface area (Å²) in [5.41, 5.74) is 0.123. The van der Waals surface area contributed by atoms with Crippen molar-refractivity contribution in [2.75, 3.05) is 29.2 Å². The molecule has 0 unspecified atom stereocenters. The molecule has 2 aromatic carbocycles. The molecule has 144 valence electrons. The highest BCUT2D eigenvalue weighted by molar-refractivity contribution is 7.92. The molecular weight excluding hydrogens is 382 g/mol. The molecule has 0 aliphatic carbocycles. The Morgan fingerprint density at radius 3 is 2.59 bits per heavy atom. The van der Waals surface area contributed by atoms with Gasteiger partial charge in [-0.2, -0.15) is 0 Å². The van der Waals surface area contributed by atoms with Crippen LogP contribution in [-0.4, -0.2) is 33.9 Å². The van der Waals surface area contributed by atoms with Gasteiger partial charge in [0.15, 0.2) is 11.5 Å². The number of amides is 1. The number of hydrogen-bond donors (Lipinski definition) is 1. The van der Waals surface area contributed by atoms with Crippen LogP contribution in [0.3, 0.4) is 0 Å². The topological polar surface area (TPSA) is 84.9 Å². The second kappa shape index (κ2) is 7.39. The largest absolute Gasteiger partial charge is 0.454 e. The van der Waals surface area contributed by atoms with Gasteiger partial charge in [0.1, 0.15) is 11.6 Å². The summed E-state index contributed by atoms with van der Waals surface area (Å²) >= 11 is 0. The van der Waals surface area contributed by atoms with Crippen LogP contribution < -0.4 is 19.1 Å². The number of halogens is 2. The Balaban J connectivity index is 1.69. The van der Waals surface area contributed by atoms with Crippen LogP contribution in [0.25, 0.3) is 0 Å². The molecule has 1 aliphatic heterocycles. The Kier molecular flexibility index (Phi) is 5.17. The first-order valence-corrected chi connectivity index (χ1v) is 9.71. The zero-order valence-electron chi connectivity index (χ0n) is 14.2. The van der Waals surface area contributed by atoms with Gasteiger partial charge in [0.25, 0.3) is 0 Å². The lowest BCUT2D eigenvalue weighted by Crippen LogP contribution is -2.33. The van der Waals surface area contributed by atoms with Gasteiger partial charge in [-0.15, -0.1) is 0 Å². The molecule has 7 nitrogen and oxygen atoms in total. The number of sulfonamides is 1. The molecule has 0 atom stereocenters. The Bertz CT molecular complexity index is 981. The summed E-state index contributed by atoms with van der Waals surface area (Å²) in [6.45, 7) is -0.211. The highest BCUT2D eigenvalue weighted by atomic mass is 32.2. The van der Waals surface area contributed by atoms with Crippen molar-refractivity contribution < 1.29 is 31.5 Å². The van der Waals surface area contributed by atoms with E-state index in [1.807, 2.05) is 0 Å². The smallest absolute Gasteiger partial charge is 0.232 e. The molecule has 1 heterocycles. The van der Waals surface area contributed by atoms with Crippen molar-refractivity contribution in [1.29, 1.82) is 0 Å². The van der Waals surface area contributed by atoms with Crippen molar-refractivity contribution in [3.63, 3.8) is 0 Å². The Morgan fingerprint density at radius 1 is 1.15 bits per heavy atom. The van der Waals surface area contributed by atoms with Crippen LogP contribution in [0.4, 0.5) is 20.2 Å². The molecule has 0 radical (unpaired) electrons. The van der Waals surface area contributed by atoms with Gasteiger partial charge in [-0.1, -0.05) is 0 Å². The zero-order valence-corrected chi connectivity index (χ0v) is 15.1. The first kappa shape index (κ1) is 18.9. The lowest BCUT2D eigenvalue weighted by atomic mass is 10.2. The summed E-state index contributed by atoms with van der Waals surface area (Å²) in [5.74, 6) is -1.30. The lowest BCUT2D eigenvalue weighted by Gasteiger charge is -2.22. The number of hydrogen-bond acceptors (Lipinski definition) is 5. The highest BCUT2D eigenvalue weighted by Gasteiger charge is 2.22. The maximum Gasteiger partial charge on any atom is 0.232 e. The molecule has 1 amide bonds. The van der Waals surface area contributed by atoms with Gasteiger partial charge in [0.2, 0.25) is 22.7 Å². The summed E-state index contributed by atoms with van der Waals surface area (Å²) in [4.78, 5) is 12.2. The van der Waals surface area contributed by atoms with Crippen LogP contribution in [-0.2, 0) is 14.8 Å². The summed E-state index contributed by atoms with van der Waals surface area (Å²) in [6.07, 6.45) is 0.643. The molecule has 0 saturated carbocycles. The van der Waals surface area contributed by atoms with Crippen LogP contribution in [0.2, 0.25) is 0 Å². The number of nitrogens with one attached hydrogen (secondary N) is 1.